The van der Waals surface area contributed by atoms with Crippen molar-refractivity contribution in [2.45, 2.75) is 44.4 Å². The van der Waals surface area contributed by atoms with E-state index in [9.17, 15) is 0 Å². The van der Waals surface area contributed by atoms with Gasteiger partial charge in [-0.15, -0.1) is 0 Å². The largest absolute Gasteiger partial charge is 0.0691 e. The van der Waals surface area contributed by atoms with Crippen LogP contribution in [0.5, 0.6) is 0 Å². The average molecular weight is 204 g/mol. The normalized spacial score (nSPS) is 19.4. The Balaban J connectivity index is 2.35. The standard InChI is InChI=1S/C13H20Si/c1-13(14(2,3)4)9-11-7-5-6-8-12(11)10-13/h5-8H,9-10H2,1-4H3. The molecular weight excluding hydrogens is 184 g/mol. The molecule has 1 aliphatic carbocycles. The van der Waals surface area contributed by atoms with Crippen LogP contribution in [0.15, 0.2) is 24.3 Å². The highest BCUT2D eigenvalue weighted by atomic mass is 28.3. The third-order valence-corrected chi connectivity index (χ3v) is 8.07. The van der Waals surface area contributed by atoms with Crippen LogP contribution in [0.3, 0.4) is 0 Å². The highest BCUT2D eigenvalue weighted by molar-refractivity contribution is 6.79. The molecule has 0 bridgehead atoms. The topological polar surface area (TPSA) is 0 Å². The van der Waals surface area contributed by atoms with Crippen LogP contribution in [0.2, 0.25) is 24.7 Å². The van der Waals surface area contributed by atoms with E-state index in [4.69, 9.17) is 0 Å². The molecule has 1 aromatic rings. The van der Waals surface area contributed by atoms with E-state index in [2.05, 4.69) is 50.8 Å². The number of rotatable bonds is 1. The molecule has 0 fully saturated rings. The lowest BCUT2D eigenvalue weighted by Crippen LogP contribution is -2.38. The fourth-order valence-electron chi connectivity index (χ4n) is 2.34. The quantitative estimate of drug-likeness (QED) is 0.609. The van der Waals surface area contributed by atoms with Crippen LogP contribution in [0.1, 0.15) is 18.1 Å². The van der Waals surface area contributed by atoms with Gasteiger partial charge in [-0.2, -0.15) is 0 Å². The Labute approximate surface area is 88.4 Å². The van der Waals surface area contributed by atoms with Gasteiger partial charge in [-0.1, -0.05) is 50.8 Å². The van der Waals surface area contributed by atoms with E-state index >= 15 is 0 Å². The Morgan fingerprint density at radius 2 is 1.43 bits per heavy atom. The zero-order chi connectivity index (χ0) is 10.4. The molecule has 0 saturated carbocycles. The summed E-state index contributed by atoms with van der Waals surface area (Å²) in [5.41, 5.74) is 3.19. The molecule has 0 N–H and O–H groups in total. The Hall–Kier alpha value is -0.563. The lowest BCUT2D eigenvalue weighted by atomic mass is 10.1. The lowest BCUT2D eigenvalue weighted by molar-refractivity contribution is 0.622. The van der Waals surface area contributed by atoms with Gasteiger partial charge in [-0.25, -0.2) is 0 Å². The molecule has 0 atom stereocenters. The summed E-state index contributed by atoms with van der Waals surface area (Å²) in [6, 6.07) is 8.96. The molecule has 0 aromatic heterocycles. The molecule has 1 heteroatoms. The predicted octanol–water partition coefficient (Wildman–Crippen LogP) is 3.88. The predicted molar refractivity (Wildman–Crippen MR) is 65.6 cm³/mol. The first-order valence-corrected chi connectivity index (χ1v) is 8.99. The second-order valence-electron chi connectivity index (χ2n) is 5.93. The highest BCUT2D eigenvalue weighted by Crippen LogP contribution is 2.49. The van der Waals surface area contributed by atoms with Crippen LogP contribution in [0.25, 0.3) is 0 Å². The lowest BCUT2D eigenvalue weighted by Gasteiger charge is -2.37. The number of hydrogen-bond donors (Lipinski definition) is 0. The molecular formula is C13H20Si. The van der Waals surface area contributed by atoms with Crippen LogP contribution < -0.4 is 0 Å². The van der Waals surface area contributed by atoms with Gasteiger partial charge in [0, 0.05) is 0 Å². The smallest absolute Gasteiger partial charge is 0.0510 e. The summed E-state index contributed by atoms with van der Waals surface area (Å²) in [5, 5.41) is 0.580. The first-order valence-electron chi connectivity index (χ1n) is 5.49. The van der Waals surface area contributed by atoms with Crippen molar-refractivity contribution < 1.29 is 0 Å². The van der Waals surface area contributed by atoms with Gasteiger partial charge in [0.25, 0.3) is 0 Å². The van der Waals surface area contributed by atoms with Crippen molar-refractivity contribution in [3.63, 3.8) is 0 Å². The van der Waals surface area contributed by atoms with Crippen molar-refractivity contribution in [3.8, 4) is 0 Å². The fourth-order valence-corrected chi connectivity index (χ4v) is 3.78. The zero-order valence-electron chi connectivity index (χ0n) is 9.72. The van der Waals surface area contributed by atoms with Gasteiger partial charge in [-0.3, -0.25) is 0 Å². The summed E-state index contributed by atoms with van der Waals surface area (Å²) >= 11 is 0. The molecule has 0 radical (unpaired) electrons. The maximum atomic E-state index is 2.50. The van der Waals surface area contributed by atoms with Gasteiger partial charge in [0.2, 0.25) is 0 Å². The summed E-state index contributed by atoms with van der Waals surface area (Å²) < 4.78 is 0. The van der Waals surface area contributed by atoms with E-state index in [0.717, 1.165) is 0 Å². The van der Waals surface area contributed by atoms with Gasteiger partial charge in [-0.05, 0) is 29.0 Å². The van der Waals surface area contributed by atoms with Crippen molar-refractivity contribution in [3.05, 3.63) is 35.4 Å². The minimum Gasteiger partial charge on any atom is -0.0691 e. The van der Waals surface area contributed by atoms with Gasteiger partial charge in [0.05, 0.1) is 8.07 Å². The second-order valence-corrected chi connectivity index (χ2v) is 11.6. The molecule has 14 heavy (non-hydrogen) atoms. The minimum absolute atomic E-state index is 0.580. The van der Waals surface area contributed by atoms with Crippen molar-refractivity contribution in [1.29, 1.82) is 0 Å². The van der Waals surface area contributed by atoms with E-state index < -0.39 is 8.07 Å². The van der Waals surface area contributed by atoms with Crippen molar-refractivity contribution in [1.82, 2.24) is 0 Å². The average Bonchev–Trinajstić information content (AvgIpc) is 2.40. The molecule has 0 nitrogen and oxygen atoms in total. The Morgan fingerprint density at radius 3 is 1.79 bits per heavy atom. The van der Waals surface area contributed by atoms with Gasteiger partial charge in [0.15, 0.2) is 0 Å². The zero-order valence-corrected chi connectivity index (χ0v) is 10.7. The summed E-state index contributed by atoms with van der Waals surface area (Å²) in [6.07, 6.45) is 2.61. The second kappa shape index (κ2) is 2.96. The van der Waals surface area contributed by atoms with Crippen LogP contribution >= 0.6 is 0 Å². The SMILES string of the molecule is CC1([Si](C)(C)C)Cc2ccccc2C1. The molecule has 1 aliphatic rings. The van der Waals surface area contributed by atoms with Gasteiger partial charge < -0.3 is 0 Å². The molecule has 0 spiro atoms. The fraction of sp³-hybridized carbons (Fsp3) is 0.538. The summed E-state index contributed by atoms with van der Waals surface area (Å²) in [5.74, 6) is 0. The number of benzene rings is 1. The summed E-state index contributed by atoms with van der Waals surface area (Å²) in [4.78, 5) is 0. The molecule has 76 valence electrons. The monoisotopic (exact) mass is 204 g/mol. The Kier molecular flexibility index (Phi) is 2.11. The summed E-state index contributed by atoms with van der Waals surface area (Å²) in [7, 11) is -1.05. The van der Waals surface area contributed by atoms with Gasteiger partial charge in [0.1, 0.15) is 0 Å². The minimum atomic E-state index is -1.05. The third-order valence-electron chi connectivity index (χ3n) is 4.09. The molecule has 0 saturated heterocycles. The number of fused-ring (bicyclic) bond motifs is 1. The van der Waals surface area contributed by atoms with Crippen LogP contribution in [0.4, 0.5) is 0 Å². The molecule has 0 unspecified atom stereocenters. The van der Waals surface area contributed by atoms with Crippen molar-refractivity contribution in [2.24, 2.45) is 0 Å². The van der Waals surface area contributed by atoms with Crippen molar-refractivity contribution in [2.75, 3.05) is 0 Å². The van der Waals surface area contributed by atoms with E-state index in [1.54, 1.807) is 11.1 Å². The third kappa shape index (κ3) is 1.44. The van der Waals surface area contributed by atoms with Crippen LogP contribution in [-0.4, -0.2) is 8.07 Å². The molecule has 0 aliphatic heterocycles. The van der Waals surface area contributed by atoms with E-state index in [-0.39, 0.29) is 0 Å². The molecule has 1 aromatic carbocycles. The van der Waals surface area contributed by atoms with E-state index in [1.807, 2.05) is 0 Å². The molecule has 0 heterocycles. The van der Waals surface area contributed by atoms with Crippen LogP contribution in [0, 0.1) is 0 Å². The summed E-state index contributed by atoms with van der Waals surface area (Å²) in [6.45, 7) is 9.98. The van der Waals surface area contributed by atoms with Gasteiger partial charge >= 0.3 is 0 Å². The van der Waals surface area contributed by atoms with E-state index in [0.29, 0.717) is 5.04 Å². The van der Waals surface area contributed by atoms with E-state index in [1.165, 1.54) is 12.8 Å². The maximum absolute atomic E-state index is 2.50. The highest BCUT2D eigenvalue weighted by Gasteiger charge is 2.43. The van der Waals surface area contributed by atoms with Crippen LogP contribution in [-0.2, 0) is 12.8 Å². The first kappa shape index (κ1) is 9.97. The Morgan fingerprint density at radius 1 is 1.00 bits per heavy atom. The maximum Gasteiger partial charge on any atom is 0.0510 e. The number of hydrogen-bond acceptors (Lipinski definition) is 0. The molecule has 0 amide bonds. The molecule has 2 rings (SSSR count). The van der Waals surface area contributed by atoms with Crippen molar-refractivity contribution >= 4 is 8.07 Å². The first-order chi connectivity index (χ1) is 6.42. The Bertz CT molecular complexity index is 321.